The first-order valence-corrected chi connectivity index (χ1v) is 11.5. The minimum atomic E-state index is -3.77. The van der Waals surface area contributed by atoms with E-state index in [1.165, 1.54) is 36.8 Å². The van der Waals surface area contributed by atoms with E-state index < -0.39 is 22.4 Å². The van der Waals surface area contributed by atoms with Crippen molar-refractivity contribution in [2.75, 3.05) is 24.4 Å². The van der Waals surface area contributed by atoms with E-state index in [0.717, 1.165) is 32.5 Å². The second kappa shape index (κ2) is 9.22. The van der Waals surface area contributed by atoms with Gasteiger partial charge in [-0.15, -0.1) is 0 Å². The molecule has 1 aliphatic heterocycles. The van der Waals surface area contributed by atoms with Gasteiger partial charge in [0.25, 0.3) is 10.0 Å². The number of nitrogens with zero attached hydrogens (tertiary/aromatic N) is 1. The van der Waals surface area contributed by atoms with E-state index in [1.54, 1.807) is 12.1 Å². The molecule has 7 heteroatoms. The summed E-state index contributed by atoms with van der Waals surface area (Å²) in [6.07, 6.45) is -0.216. The molecule has 1 unspecified atom stereocenters. The maximum Gasteiger partial charge on any atom is 0.261 e. The van der Waals surface area contributed by atoms with Gasteiger partial charge >= 0.3 is 0 Å². The lowest BCUT2D eigenvalue weighted by atomic mass is 9.98. The number of alkyl halides is 2. The predicted octanol–water partition coefficient (Wildman–Crippen LogP) is 5.06. The predicted molar refractivity (Wildman–Crippen MR) is 112 cm³/mol. The molecule has 1 heterocycles. The van der Waals surface area contributed by atoms with Crippen molar-refractivity contribution in [1.29, 1.82) is 0 Å². The van der Waals surface area contributed by atoms with Crippen LogP contribution in [0.5, 0.6) is 0 Å². The van der Waals surface area contributed by atoms with Crippen LogP contribution in [0.1, 0.15) is 49.7 Å². The van der Waals surface area contributed by atoms with E-state index in [9.17, 15) is 17.2 Å². The van der Waals surface area contributed by atoms with Crippen LogP contribution in [0.15, 0.2) is 53.4 Å². The van der Waals surface area contributed by atoms with Crippen LogP contribution in [-0.4, -0.2) is 39.4 Å². The van der Waals surface area contributed by atoms with E-state index in [0.29, 0.717) is 17.2 Å². The fourth-order valence-corrected chi connectivity index (χ4v) is 4.82. The van der Waals surface area contributed by atoms with E-state index in [4.69, 9.17) is 0 Å². The molecule has 4 nitrogen and oxygen atoms in total. The summed E-state index contributed by atoms with van der Waals surface area (Å²) in [5.74, 6) is -0.451. The number of likely N-dealkylation sites (tertiary alicyclic amines) is 1. The topological polar surface area (TPSA) is 49.4 Å². The highest BCUT2D eigenvalue weighted by Gasteiger charge is 2.23. The summed E-state index contributed by atoms with van der Waals surface area (Å²) in [5, 5.41) is 0. The first kappa shape index (κ1) is 21.7. The molecule has 0 bridgehead atoms. The molecular weight excluding hydrogens is 394 g/mol. The van der Waals surface area contributed by atoms with Gasteiger partial charge in [0.15, 0.2) is 0 Å². The monoisotopic (exact) mass is 422 g/mol. The molecule has 158 valence electrons. The summed E-state index contributed by atoms with van der Waals surface area (Å²) in [6.45, 7) is 6.86. The third-order valence-electron chi connectivity index (χ3n) is 5.54. The van der Waals surface area contributed by atoms with Crippen molar-refractivity contribution in [1.82, 2.24) is 4.90 Å². The van der Waals surface area contributed by atoms with Crippen LogP contribution in [0.4, 0.5) is 14.5 Å². The van der Waals surface area contributed by atoms with Gasteiger partial charge in [0.1, 0.15) is 0 Å². The molecule has 2 atom stereocenters. The van der Waals surface area contributed by atoms with Crippen LogP contribution >= 0.6 is 0 Å². The van der Waals surface area contributed by atoms with E-state index in [-0.39, 0.29) is 4.90 Å². The minimum absolute atomic E-state index is 0.0535. The van der Waals surface area contributed by atoms with Gasteiger partial charge in [0.2, 0.25) is 6.43 Å². The third-order valence-corrected chi connectivity index (χ3v) is 6.94. The van der Waals surface area contributed by atoms with Gasteiger partial charge in [-0.25, -0.2) is 17.2 Å². The number of rotatable bonds is 8. The molecule has 0 amide bonds. The lowest BCUT2D eigenvalue weighted by molar-refractivity contribution is 0.121. The second-order valence-electron chi connectivity index (χ2n) is 7.71. The summed E-state index contributed by atoms with van der Waals surface area (Å²) in [4.78, 5) is 2.51. The quantitative estimate of drug-likeness (QED) is 0.647. The normalized spacial score (nSPS) is 18.9. The first-order chi connectivity index (χ1) is 13.8. The maximum atomic E-state index is 12.8. The van der Waals surface area contributed by atoms with Crippen molar-refractivity contribution >= 4 is 15.7 Å². The highest BCUT2D eigenvalue weighted by Crippen LogP contribution is 2.29. The summed E-state index contributed by atoms with van der Waals surface area (Å²) in [5.41, 5.74) is 2.12. The van der Waals surface area contributed by atoms with Gasteiger partial charge in [-0.05, 0) is 67.2 Å². The van der Waals surface area contributed by atoms with E-state index in [1.807, 2.05) is 12.1 Å². The number of hydrogen-bond acceptors (Lipinski definition) is 3. The largest absolute Gasteiger partial charge is 0.303 e. The molecule has 0 saturated carbocycles. The number of hydrogen-bond donors (Lipinski definition) is 1. The van der Waals surface area contributed by atoms with Crippen molar-refractivity contribution in [2.24, 2.45) is 0 Å². The lowest BCUT2D eigenvalue weighted by Gasteiger charge is -2.15. The molecular formula is C22H28F2N2O2S. The summed E-state index contributed by atoms with van der Waals surface area (Å²) < 4.78 is 53.4. The number of nitrogens with one attached hydrogen (secondary N) is 1. The molecule has 0 aromatic heterocycles. The zero-order valence-electron chi connectivity index (χ0n) is 16.8. The second-order valence-corrected chi connectivity index (χ2v) is 9.39. The fraction of sp³-hybridized carbons (Fsp3) is 0.455. The van der Waals surface area contributed by atoms with Crippen molar-refractivity contribution < 1.29 is 17.2 Å². The Balaban J connectivity index is 1.66. The van der Waals surface area contributed by atoms with E-state index in [2.05, 4.69) is 16.5 Å². The molecule has 0 radical (unpaired) electrons. The molecule has 2 aromatic carbocycles. The number of sulfonamides is 1. The van der Waals surface area contributed by atoms with Gasteiger partial charge < -0.3 is 4.90 Å². The summed E-state index contributed by atoms with van der Waals surface area (Å²) in [6, 6.07) is 13.1. The van der Waals surface area contributed by atoms with Crippen molar-refractivity contribution in [3.8, 4) is 0 Å². The maximum absolute atomic E-state index is 12.8. The Bertz CT molecular complexity index is 899. The number of benzene rings is 2. The lowest BCUT2D eigenvalue weighted by Crippen LogP contribution is -2.20. The Hall–Kier alpha value is -1.99. The fourth-order valence-electron chi connectivity index (χ4n) is 3.76. The Kier molecular flexibility index (Phi) is 6.90. The molecule has 0 aliphatic carbocycles. The highest BCUT2D eigenvalue weighted by molar-refractivity contribution is 7.92. The Morgan fingerprint density at radius 2 is 1.76 bits per heavy atom. The van der Waals surface area contributed by atoms with Crippen LogP contribution in [-0.2, 0) is 10.0 Å². The number of halogens is 2. The highest BCUT2D eigenvalue weighted by atomic mass is 32.2. The van der Waals surface area contributed by atoms with Gasteiger partial charge in [-0.1, -0.05) is 38.1 Å². The summed E-state index contributed by atoms with van der Waals surface area (Å²) >= 11 is 0. The van der Waals surface area contributed by atoms with Gasteiger partial charge in [0, 0.05) is 18.2 Å². The molecule has 0 spiro atoms. The molecule has 1 N–H and O–H groups in total. The van der Waals surface area contributed by atoms with Gasteiger partial charge in [-0.2, -0.15) is 0 Å². The minimum Gasteiger partial charge on any atom is -0.303 e. The van der Waals surface area contributed by atoms with E-state index >= 15 is 0 Å². The van der Waals surface area contributed by atoms with Crippen molar-refractivity contribution in [3.63, 3.8) is 0 Å². The number of anilines is 1. The molecule has 29 heavy (non-hydrogen) atoms. The van der Waals surface area contributed by atoms with Gasteiger partial charge in [0.05, 0.1) is 4.90 Å². The van der Waals surface area contributed by atoms with Crippen LogP contribution < -0.4 is 4.72 Å². The van der Waals surface area contributed by atoms with Crippen LogP contribution in [0.25, 0.3) is 0 Å². The third kappa shape index (κ3) is 5.34. The van der Waals surface area contributed by atoms with Gasteiger partial charge in [-0.3, -0.25) is 4.72 Å². The van der Waals surface area contributed by atoms with Crippen molar-refractivity contribution in [2.45, 2.75) is 49.8 Å². The molecule has 3 rings (SSSR count). The SMILES string of the molecule is CCCN1CC[C@@H](c2ccc(NS(=O)(=O)c3ccc(C(C)C(F)F)cc3)cc2)C1. The van der Waals surface area contributed by atoms with Crippen LogP contribution in [0.3, 0.4) is 0 Å². The van der Waals surface area contributed by atoms with Crippen LogP contribution in [0.2, 0.25) is 0 Å². The van der Waals surface area contributed by atoms with Crippen molar-refractivity contribution in [3.05, 3.63) is 59.7 Å². The Morgan fingerprint density at radius 1 is 1.10 bits per heavy atom. The first-order valence-electron chi connectivity index (χ1n) is 10.0. The summed E-state index contributed by atoms with van der Waals surface area (Å²) in [7, 11) is -3.77. The zero-order chi connectivity index (χ0) is 21.0. The molecule has 1 aliphatic rings. The molecule has 1 saturated heterocycles. The van der Waals surface area contributed by atoms with Crippen LogP contribution in [0, 0.1) is 0 Å². The standard InChI is InChI=1S/C22H28F2N2O2S/c1-3-13-26-14-12-19(15-26)18-4-8-20(9-5-18)25-29(27,28)21-10-6-17(7-11-21)16(2)22(23)24/h4-11,16,19,22,25H,3,12-15H2,1-2H3/t16?,19-/m1/s1. The average Bonchev–Trinajstić information content (AvgIpc) is 3.16. The molecule has 2 aromatic rings. The smallest absolute Gasteiger partial charge is 0.261 e. The average molecular weight is 423 g/mol. The Morgan fingerprint density at radius 3 is 2.34 bits per heavy atom. The molecule has 1 fully saturated rings. The Labute approximate surface area is 172 Å². The zero-order valence-corrected chi connectivity index (χ0v) is 17.6.